The van der Waals surface area contributed by atoms with Crippen LogP contribution in [-0.4, -0.2) is 23.0 Å². The molecule has 2 N–H and O–H groups in total. The molecule has 0 aliphatic rings. The fourth-order valence-electron chi connectivity index (χ4n) is 2.36. The average molecular weight is 369 g/mol. The van der Waals surface area contributed by atoms with E-state index in [1.54, 1.807) is 31.4 Å². The van der Waals surface area contributed by atoms with Crippen LogP contribution in [0.2, 0.25) is 5.02 Å². The number of rotatable bonds is 5. The van der Waals surface area contributed by atoms with Crippen molar-refractivity contribution in [1.82, 2.24) is 9.97 Å². The number of nitrogens with zero attached hydrogens (tertiary/aromatic N) is 2. The summed E-state index contributed by atoms with van der Waals surface area (Å²) in [6.45, 7) is 1.84. The van der Waals surface area contributed by atoms with Gasteiger partial charge in [0.05, 0.1) is 12.8 Å². The maximum atomic E-state index is 12.5. The van der Waals surface area contributed by atoms with Gasteiger partial charge in [-0.25, -0.2) is 9.97 Å². The largest absolute Gasteiger partial charge is 0.495 e. The van der Waals surface area contributed by atoms with E-state index in [4.69, 9.17) is 16.3 Å². The van der Waals surface area contributed by atoms with Crippen molar-refractivity contribution in [3.05, 3.63) is 71.1 Å². The Hall–Kier alpha value is -3.12. The topological polar surface area (TPSA) is 76.1 Å². The Kier molecular flexibility index (Phi) is 5.34. The predicted octanol–water partition coefficient (Wildman–Crippen LogP) is 4.44. The monoisotopic (exact) mass is 368 g/mol. The van der Waals surface area contributed by atoms with Gasteiger partial charge >= 0.3 is 0 Å². The van der Waals surface area contributed by atoms with Gasteiger partial charge in [0, 0.05) is 16.8 Å². The average Bonchev–Trinajstić information content (AvgIpc) is 2.66. The van der Waals surface area contributed by atoms with Gasteiger partial charge < -0.3 is 15.4 Å². The van der Waals surface area contributed by atoms with Crippen molar-refractivity contribution in [2.75, 3.05) is 17.7 Å². The fourth-order valence-corrected chi connectivity index (χ4v) is 2.54. The molecule has 1 amide bonds. The van der Waals surface area contributed by atoms with Gasteiger partial charge in [-0.15, -0.1) is 0 Å². The van der Waals surface area contributed by atoms with E-state index in [1.165, 1.54) is 6.33 Å². The lowest BCUT2D eigenvalue weighted by atomic mass is 10.2. The van der Waals surface area contributed by atoms with Crippen LogP contribution in [0.15, 0.2) is 54.9 Å². The molecule has 26 heavy (non-hydrogen) atoms. The van der Waals surface area contributed by atoms with Crippen LogP contribution >= 0.6 is 11.6 Å². The second-order valence-corrected chi connectivity index (χ2v) is 5.89. The maximum absolute atomic E-state index is 12.5. The minimum atomic E-state index is -0.346. The van der Waals surface area contributed by atoms with Crippen molar-refractivity contribution in [3.8, 4) is 5.75 Å². The molecule has 0 aliphatic heterocycles. The quantitative estimate of drug-likeness (QED) is 0.696. The van der Waals surface area contributed by atoms with Crippen molar-refractivity contribution < 1.29 is 9.53 Å². The first-order valence-corrected chi connectivity index (χ1v) is 8.25. The van der Waals surface area contributed by atoms with Crippen molar-refractivity contribution in [3.63, 3.8) is 0 Å². The zero-order chi connectivity index (χ0) is 18.5. The number of carbonyl (C=O) groups is 1. The highest BCUT2D eigenvalue weighted by atomic mass is 35.5. The number of amides is 1. The molecule has 0 radical (unpaired) electrons. The minimum absolute atomic E-state index is 0.233. The Morgan fingerprint density at radius 3 is 2.65 bits per heavy atom. The second-order valence-electron chi connectivity index (χ2n) is 5.48. The standard InChI is InChI=1S/C19H17ClN4O2/c1-12-13(20)6-5-8-14(12)24-19(25)16-10-18(22-11-21-16)23-15-7-3-4-9-17(15)26-2/h3-11H,1-2H3,(H,24,25)(H,21,22,23). The van der Waals surface area contributed by atoms with Crippen LogP contribution < -0.4 is 15.4 Å². The van der Waals surface area contributed by atoms with Gasteiger partial charge in [0.25, 0.3) is 5.91 Å². The van der Waals surface area contributed by atoms with Crippen molar-refractivity contribution in [2.45, 2.75) is 6.92 Å². The normalized spacial score (nSPS) is 10.3. The van der Waals surface area contributed by atoms with Gasteiger partial charge in [-0.1, -0.05) is 29.8 Å². The molecule has 3 aromatic rings. The van der Waals surface area contributed by atoms with Gasteiger partial charge in [0.1, 0.15) is 23.6 Å². The number of nitrogens with one attached hydrogen (secondary N) is 2. The first-order chi connectivity index (χ1) is 12.6. The van der Waals surface area contributed by atoms with Gasteiger partial charge in [0.2, 0.25) is 0 Å². The highest BCUT2D eigenvalue weighted by molar-refractivity contribution is 6.31. The molecular weight excluding hydrogens is 352 g/mol. The smallest absolute Gasteiger partial charge is 0.274 e. The van der Waals surface area contributed by atoms with E-state index in [0.717, 1.165) is 11.3 Å². The molecule has 0 bridgehead atoms. The van der Waals surface area contributed by atoms with Crippen molar-refractivity contribution in [2.24, 2.45) is 0 Å². The fraction of sp³-hybridized carbons (Fsp3) is 0.105. The molecule has 3 rings (SSSR count). The molecule has 1 aromatic heterocycles. The number of anilines is 3. The zero-order valence-corrected chi connectivity index (χ0v) is 15.0. The minimum Gasteiger partial charge on any atom is -0.495 e. The number of aromatic nitrogens is 2. The number of carbonyl (C=O) groups excluding carboxylic acids is 1. The first kappa shape index (κ1) is 17.7. The van der Waals surface area contributed by atoms with Gasteiger partial charge in [0.15, 0.2) is 0 Å². The molecule has 0 saturated heterocycles. The maximum Gasteiger partial charge on any atom is 0.274 e. The number of halogens is 1. The Morgan fingerprint density at radius 2 is 1.85 bits per heavy atom. The summed E-state index contributed by atoms with van der Waals surface area (Å²) in [7, 11) is 1.59. The van der Waals surface area contributed by atoms with Crippen LogP contribution in [-0.2, 0) is 0 Å². The highest BCUT2D eigenvalue weighted by Gasteiger charge is 2.12. The summed E-state index contributed by atoms with van der Waals surface area (Å²) in [6.07, 6.45) is 1.33. The van der Waals surface area contributed by atoms with Gasteiger partial charge in [-0.05, 0) is 36.8 Å². The van der Waals surface area contributed by atoms with Gasteiger partial charge in [-0.2, -0.15) is 0 Å². The Morgan fingerprint density at radius 1 is 1.08 bits per heavy atom. The van der Waals surface area contributed by atoms with Crippen LogP contribution in [0.4, 0.5) is 17.2 Å². The lowest BCUT2D eigenvalue weighted by Crippen LogP contribution is -2.15. The number of benzene rings is 2. The third-order valence-electron chi connectivity index (χ3n) is 3.79. The van der Waals surface area contributed by atoms with Gasteiger partial charge in [-0.3, -0.25) is 4.79 Å². The summed E-state index contributed by atoms with van der Waals surface area (Å²) >= 11 is 6.09. The number of hydrogen-bond acceptors (Lipinski definition) is 5. The Balaban J connectivity index is 1.80. The molecule has 0 fully saturated rings. The Bertz CT molecular complexity index is 946. The molecule has 0 saturated carbocycles. The molecule has 1 heterocycles. The third-order valence-corrected chi connectivity index (χ3v) is 4.19. The summed E-state index contributed by atoms with van der Waals surface area (Å²) in [4.78, 5) is 20.7. The van der Waals surface area contributed by atoms with E-state index in [0.29, 0.717) is 22.3 Å². The summed E-state index contributed by atoms with van der Waals surface area (Å²) in [5.41, 5.74) is 2.41. The zero-order valence-electron chi connectivity index (χ0n) is 14.3. The van der Waals surface area contributed by atoms with Crippen LogP contribution in [0, 0.1) is 6.92 Å². The van der Waals surface area contributed by atoms with Crippen molar-refractivity contribution >= 4 is 34.7 Å². The predicted molar refractivity (Wildman–Crippen MR) is 102 cm³/mol. The molecule has 0 spiro atoms. The van der Waals surface area contributed by atoms with E-state index < -0.39 is 0 Å². The highest BCUT2D eigenvalue weighted by Crippen LogP contribution is 2.26. The SMILES string of the molecule is COc1ccccc1Nc1cc(C(=O)Nc2cccc(Cl)c2C)ncn1. The van der Waals surface area contributed by atoms with Crippen molar-refractivity contribution in [1.29, 1.82) is 0 Å². The lowest BCUT2D eigenvalue weighted by Gasteiger charge is -2.11. The van der Waals surface area contributed by atoms with E-state index in [2.05, 4.69) is 20.6 Å². The summed E-state index contributed by atoms with van der Waals surface area (Å²) in [5, 5.41) is 6.53. The molecule has 0 unspecified atom stereocenters. The lowest BCUT2D eigenvalue weighted by molar-refractivity contribution is 0.102. The third kappa shape index (κ3) is 3.92. The number of ether oxygens (including phenoxy) is 1. The molecule has 132 valence electrons. The van der Waals surface area contributed by atoms with E-state index in [1.807, 2.05) is 31.2 Å². The molecule has 7 heteroatoms. The second kappa shape index (κ2) is 7.84. The number of methoxy groups -OCH3 is 1. The van der Waals surface area contributed by atoms with Crippen LogP contribution in [0.25, 0.3) is 0 Å². The van der Waals surface area contributed by atoms with Crippen LogP contribution in [0.5, 0.6) is 5.75 Å². The molecule has 2 aromatic carbocycles. The number of para-hydroxylation sites is 2. The molecular formula is C19H17ClN4O2. The van der Waals surface area contributed by atoms with E-state index in [-0.39, 0.29) is 11.6 Å². The van der Waals surface area contributed by atoms with E-state index in [9.17, 15) is 4.79 Å². The summed E-state index contributed by atoms with van der Waals surface area (Å²) in [5.74, 6) is 0.810. The van der Waals surface area contributed by atoms with E-state index >= 15 is 0 Å². The first-order valence-electron chi connectivity index (χ1n) is 7.87. The molecule has 0 atom stereocenters. The molecule has 0 aliphatic carbocycles. The summed E-state index contributed by atoms with van der Waals surface area (Å²) < 4.78 is 5.30. The molecule has 6 nitrogen and oxygen atoms in total. The Labute approximate surface area is 156 Å². The van der Waals surface area contributed by atoms with Crippen LogP contribution in [0.1, 0.15) is 16.1 Å². The van der Waals surface area contributed by atoms with Crippen LogP contribution in [0.3, 0.4) is 0 Å². The number of hydrogen-bond donors (Lipinski definition) is 2. The summed E-state index contributed by atoms with van der Waals surface area (Å²) in [6, 6.07) is 14.3.